The van der Waals surface area contributed by atoms with Crippen LogP contribution in [0.25, 0.3) is 52.8 Å². The number of nitrogens with one attached hydrogen (secondary N) is 1. The molecule has 1 N–H and O–H groups in total. The fraction of sp³-hybridized carbons (Fsp3) is 0. The number of thiophene rings is 1. The molecule has 0 amide bonds. The summed E-state index contributed by atoms with van der Waals surface area (Å²) < 4.78 is 2.58. The van der Waals surface area contributed by atoms with Gasteiger partial charge in [0, 0.05) is 69.5 Å². The summed E-state index contributed by atoms with van der Waals surface area (Å²) in [6.45, 7) is 0. The summed E-state index contributed by atoms with van der Waals surface area (Å²) in [5.74, 6) is 13.2. The molecule has 2 heterocycles. The maximum absolute atomic E-state index is 3.72. The number of rotatable bonds is 0. The minimum Gasteiger partial charge on any atom is -0.354 e. The second-order valence-corrected chi connectivity index (χ2v) is 11.0. The molecule has 0 fully saturated rings. The molecule has 2 heteroatoms. The molecule has 0 saturated carbocycles. The fourth-order valence-electron chi connectivity index (χ4n) is 5.50. The van der Waals surface area contributed by atoms with Crippen LogP contribution in [0.3, 0.4) is 0 Å². The molecule has 0 unspecified atom stereocenters. The smallest absolute Gasteiger partial charge is 0.0545 e. The van der Waals surface area contributed by atoms with Gasteiger partial charge in [0.2, 0.25) is 0 Å². The van der Waals surface area contributed by atoms with Gasteiger partial charge in [-0.1, -0.05) is 96.5 Å². The predicted octanol–water partition coefficient (Wildman–Crippen LogP) is 9.64. The van der Waals surface area contributed by atoms with E-state index in [9.17, 15) is 0 Å². The maximum Gasteiger partial charge on any atom is 0.0545 e. The Balaban J connectivity index is 1.24. The van der Waals surface area contributed by atoms with E-state index >= 15 is 0 Å². The molecule has 0 atom stereocenters. The quantitative estimate of drug-likeness (QED) is 0.190. The van der Waals surface area contributed by atoms with Crippen molar-refractivity contribution >= 4 is 64.1 Å². The second-order valence-electron chi connectivity index (χ2n) is 9.96. The fourth-order valence-corrected chi connectivity index (χ4v) is 6.77. The van der Waals surface area contributed by atoms with Gasteiger partial charge in [-0.05, 0) is 48.5 Å². The van der Waals surface area contributed by atoms with Crippen LogP contribution in [0, 0.1) is 23.7 Å². The number of hydrogen-bond donors (Lipinski definition) is 1. The third-order valence-electron chi connectivity index (χ3n) is 7.45. The van der Waals surface area contributed by atoms with E-state index in [0.29, 0.717) is 0 Å². The van der Waals surface area contributed by atoms with Crippen molar-refractivity contribution in [3.8, 4) is 23.7 Å². The van der Waals surface area contributed by atoms with Crippen molar-refractivity contribution in [1.29, 1.82) is 0 Å². The van der Waals surface area contributed by atoms with Crippen LogP contribution in [-0.4, -0.2) is 4.98 Å². The highest BCUT2D eigenvalue weighted by Gasteiger charge is 2.13. The van der Waals surface area contributed by atoms with Crippen molar-refractivity contribution in [2.24, 2.45) is 0 Å². The second kappa shape index (κ2) is 9.18. The lowest BCUT2D eigenvalue weighted by Crippen LogP contribution is -1.77. The van der Waals surface area contributed by atoms with Gasteiger partial charge < -0.3 is 4.98 Å². The first-order valence-electron chi connectivity index (χ1n) is 13.3. The van der Waals surface area contributed by atoms with Crippen molar-refractivity contribution in [2.45, 2.75) is 0 Å². The van der Waals surface area contributed by atoms with Crippen molar-refractivity contribution in [1.82, 2.24) is 4.98 Å². The van der Waals surface area contributed by atoms with E-state index in [1.165, 1.54) is 47.2 Å². The van der Waals surface area contributed by atoms with Crippen LogP contribution in [0.2, 0.25) is 0 Å². The Morgan fingerprint density at radius 3 is 1.60 bits per heavy atom. The highest BCUT2D eigenvalue weighted by Crippen LogP contribution is 2.41. The lowest BCUT2D eigenvalue weighted by Gasteiger charge is -2.02. The lowest BCUT2D eigenvalue weighted by molar-refractivity contribution is 1.55. The number of benzene rings is 6. The average molecular weight is 524 g/mol. The summed E-state index contributed by atoms with van der Waals surface area (Å²) in [5.41, 5.74) is 6.38. The molecule has 2 aromatic heterocycles. The predicted molar refractivity (Wildman–Crippen MR) is 171 cm³/mol. The van der Waals surface area contributed by atoms with Gasteiger partial charge in [0.15, 0.2) is 0 Å². The number of hydrogen-bond acceptors (Lipinski definition) is 1. The van der Waals surface area contributed by atoms with Gasteiger partial charge in [-0.15, -0.1) is 11.3 Å². The van der Waals surface area contributed by atoms with Crippen LogP contribution in [0.5, 0.6) is 0 Å². The molecule has 0 radical (unpaired) electrons. The molecule has 8 aromatic rings. The van der Waals surface area contributed by atoms with Crippen molar-refractivity contribution in [3.63, 3.8) is 0 Å². The van der Waals surface area contributed by atoms with Crippen LogP contribution in [0.15, 0.2) is 121 Å². The number of aromatic nitrogens is 1. The summed E-state index contributed by atoms with van der Waals surface area (Å²) in [6.07, 6.45) is 0. The first-order valence-corrected chi connectivity index (χ1v) is 14.1. The van der Waals surface area contributed by atoms with E-state index in [4.69, 9.17) is 0 Å². The Labute approximate surface area is 235 Å². The van der Waals surface area contributed by atoms with Crippen molar-refractivity contribution in [2.75, 3.05) is 0 Å². The van der Waals surface area contributed by atoms with Crippen LogP contribution >= 0.6 is 11.3 Å². The first-order chi connectivity index (χ1) is 19.8. The van der Waals surface area contributed by atoms with E-state index in [-0.39, 0.29) is 0 Å². The number of fused-ring (bicyclic) bond motifs is 9. The molecule has 40 heavy (non-hydrogen) atoms. The van der Waals surface area contributed by atoms with E-state index in [1.807, 2.05) is 72.0 Å². The molecule has 0 aliphatic rings. The van der Waals surface area contributed by atoms with Crippen LogP contribution in [-0.2, 0) is 0 Å². The van der Waals surface area contributed by atoms with Gasteiger partial charge in [0.25, 0.3) is 0 Å². The first kappa shape index (κ1) is 22.7. The maximum atomic E-state index is 3.72. The van der Waals surface area contributed by atoms with E-state index in [1.54, 1.807) is 0 Å². The van der Waals surface area contributed by atoms with Gasteiger partial charge in [0.1, 0.15) is 0 Å². The monoisotopic (exact) mass is 523 g/mol. The topological polar surface area (TPSA) is 15.8 Å². The molecule has 8 rings (SSSR count). The van der Waals surface area contributed by atoms with E-state index < -0.39 is 0 Å². The standard InChI is InChI=1S/C38H21NS/c1-3-7-25(8-4-1)11-13-27-15-17-29-31-19-22-34-32(37(31)39-35(29)23-27)20-21-33-30-18-16-28(24-36(30)40-38(33)34)14-12-26-9-5-2-6-10-26/h1-10,15-24,39H. The van der Waals surface area contributed by atoms with Crippen molar-refractivity contribution in [3.05, 3.63) is 144 Å². The van der Waals surface area contributed by atoms with Gasteiger partial charge >= 0.3 is 0 Å². The Morgan fingerprint density at radius 1 is 0.425 bits per heavy atom. The zero-order valence-electron chi connectivity index (χ0n) is 21.5. The Hall–Kier alpha value is -5.28. The lowest BCUT2D eigenvalue weighted by atomic mass is 10.0. The zero-order valence-corrected chi connectivity index (χ0v) is 22.3. The summed E-state index contributed by atoms with van der Waals surface area (Å²) in [6, 6.07) is 42.4. The highest BCUT2D eigenvalue weighted by molar-refractivity contribution is 7.26. The summed E-state index contributed by atoms with van der Waals surface area (Å²) in [7, 11) is 0. The SMILES string of the molecule is C(#Cc1ccc2c(c1)[nH]c1c2ccc2c1ccc1c3ccc(C#Cc4ccccc4)cc3sc12)c1ccccc1. The van der Waals surface area contributed by atoms with Gasteiger partial charge in [0.05, 0.1) is 5.52 Å². The van der Waals surface area contributed by atoms with Crippen LogP contribution in [0.4, 0.5) is 0 Å². The van der Waals surface area contributed by atoms with Gasteiger partial charge in [-0.25, -0.2) is 0 Å². The van der Waals surface area contributed by atoms with Gasteiger partial charge in [-0.3, -0.25) is 0 Å². The number of H-pyrrole nitrogens is 1. The Morgan fingerprint density at radius 2 is 0.925 bits per heavy atom. The minimum absolute atomic E-state index is 1.00. The molecule has 6 aromatic carbocycles. The minimum atomic E-state index is 1.00. The van der Waals surface area contributed by atoms with Gasteiger partial charge in [-0.2, -0.15) is 0 Å². The molecular formula is C38H21NS. The third kappa shape index (κ3) is 3.83. The summed E-state index contributed by atoms with van der Waals surface area (Å²) >= 11 is 1.85. The number of aromatic amines is 1. The molecule has 0 saturated heterocycles. The summed E-state index contributed by atoms with van der Waals surface area (Å²) in [5, 5.41) is 7.56. The Bertz CT molecular complexity index is 2200. The third-order valence-corrected chi connectivity index (χ3v) is 8.66. The molecule has 0 aliphatic heterocycles. The molecule has 1 nitrogen and oxygen atoms in total. The molecule has 0 bridgehead atoms. The largest absolute Gasteiger partial charge is 0.354 e. The van der Waals surface area contributed by atoms with Crippen LogP contribution in [0.1, 0.15) is 22.3 Å². The molecular weight excluding hydrogens is 502 g/mol. The zero-order chi connectivity index (χ0) is 26.5. The van der Waals surface area contributed by atoms with Crippen LogP contribution < -0.4 is 0 Å². The van der Waals surface area contributed by atoms with E-state index in [2.05, 4.69) is 89.3 Å². The molecule has 184 valence electrons. The van der Waals surface area contributed by atoms with E-state index in [0.717, 1.165) is 27.8 Å². The molecule has 0 aliphatic carbocycles. The summed E-state index contributed by atoms with van der Waals surface area (Å²) in [4.78, 5) is 3.72. The normalized spacial score (nSPS) is 11.1. The van der Waals surface area contributed by atoms with Crippen molar-refractivity contribution < 1.29 is 0 Å². The average Bonchev–Trinajstić information content (AvgIpc) is 3.58. The highest BCUT2D eigenvalue weighted by atomic mass is 32.1. The Kier molecular flexibility index (Phi) is 5.20. The molecule has 0 spiro atoms.